The van der Waals surface area contributed by atoms with Crippen molar-refractivity contribution in [2.75, 3.05) is 65.9 Å². The van der Waals surface area contributed by atoms with Crippen LogP contribution in [0.15, 0.2) is 0 Å². The van der Waals surface area contributed by atoms with Crippen molar-refractivity contribution in [2.24, 2.45) is 0 Å². The van der Waals surface area contributed by atoms with Crippen LogP contribution in [0.3, 0.4) is 0 Å². The molecular weight excluding hydrogens is 794 g/mol. The van der Waals surface area contributed by atoms with Gasteiger partial charge >= 0.3 is 33.6 Å². The number of carbonyl (C=O) groups excluding carboxylic acids is 7. The second kappa shape index (κ2) is 28.9. The summed E-state index contributed by atoms with van der Waals surface area (Å²) in [7, 11) is -9.39. The van der Waals surface area contributed by atoms with Gasteiger partial charge in [-0.05, 0) is 27.7 Å². The predicted octanol–water partition coefficient (Wildman–Crippen LogP) is 0.197. The number of esters is 2. The highest BCUT2D eigenvalue weighted by Crippen LogP contribution is 2.43. The minimum Gasteiger partial charge on any atom is -0.463 e. The van der Waals surface area contributed by atoms with Crippen molar-refractivity contribution in [3.63, 3.8) is 0 Å². The molecule has 0 radical (unpaired) electrons. The first-order valence-corrected chi connectivity index (χ1v) is 20.4. The largest absolute Gasteiger partial charge is 0.472 e. The number of urea groups is 1. The SMILES string of the molecule is CC(=O)CC(=O)NC(COCC[C@@H](C)OC(C)=O)COP(=O)(O)OCCNC(=O)NCCOP(=O)(O)OCC(COCC[C@@H](C)OC(C)=O)NC(=O)CC(C)=O. The van der Waals surface area contributed by atoms with E-state index < -0.39 is 121 Å². The third-order valence-corrected chi connectivity index (χ3v) is 8.39. The molecule has 0 fully saturated rings. The van der Waals surface area contributed by atoms with Crippen LogP contribution >= 0.6 is 15.6 Å². The van der Waals surface area contributed by atoms with Gasteiger partial charge < -0.3 is 50.0 Å². The van der Waals surface area contributed by atoms with Crippen LogP contribution in [0.1, 0.15) is 67.2 Å². The van der Waals surface area contributed by atoms with Crippen molar-refractivity contribution >= 4 is 57.0 Å². The average molecular weight is 851 g/mol. The van der Waals surface area contributed by atoms with Crippen molar-refractivity contribution < 1.29 is 89.5 Å². The molecular formula is C31H56N4O19P2. The second-order valence-corrected chi connectivity index (χ2v) is 15.1. The molecule has 4 unspecified atom stereocenters. The fourth-order valence-electron chi connectivity index (χ4n) is 4.06. The Hall–Kier alpha value is -3.37. The Kier molecular flexibility index (Phi) is 27.2. The summed E-state index contributed by atoms with van der Waals surface area (Å²) in [5, 5.41) is 9.52. The lowest BCUT2D eigenvalue weighted by Gasteiger charge is -2.21. The highest BCUT2D eigenvalue weighted by atomic mass is 31.2. The molecule has 0 heterocycles. The minimum atomic E-state index is -4.70. The fourth-order valence-corrected chi connectivity index (χ4v) is 5.59. The number of ether oxygens (including phenoxy) is 4. The average Bonchev–Trinajstić information content (AvgIpc) is 3.05. The lowest BCUT2D eigenvalue weighted by molar-refractivity contribution is -0.147. The summed E-state index contributed by atoms with van der Waals surface area (Å²) in [5.74, 6) is -3.11. The predicted molar refractivity (Wildman–Crippen MR) is 193 cm³/mol. The van der Waals surface area contributed by atoms with E-state index in [0.717, 1.165) is 0 Å². The van der Waals surface area contributed by atoms with E-state index in [9.17, 15) is 52.5 Å². The molecule has 0 aromatic heterocycles. The van der Waals surface area contributed by atoms with Crippen LogP contribution in [0.5, 0.6) is 0 Å². The smallest absolute Gasteiger partial charge is 0.463 e. The maximum Gasteiger partial charge on any atom is 0.472 e. The Bertz CT molecular complexity index is 1270. The zero-order chi connectivity index (χ0) is 42.7. The standard InChI is InChI=1S/C31H56N4O19P2/c1-21(36)15-29(40)34-27(17-47-11-7-23(3)53-25(5)38)19-51-55(43,44)49-13-9-32-31(42)33-10-14-50-56(45,46)52-20-28(35-30(41)16-22(2)37)18-48-12-8-24(4)54-26(6)39/h23-24,27-28H,7-20H2,1-6H3,(H,34,40)(H,35,41)(H,43,44)(H,45,46)(H2,32,33,42)/t23-,24-,27?,28?/m1/s1. The molecule has 25 heteroatoms. The molecule has 0 saturated carbocycles. The molecule has 0 aromatic carbocycles. The zero-order valence-electron chi connectivity index (χ0n) is 32.4. The van der Waals surface area contributed by atoms with Gasteiger partial charge in [0.15, 0.2) is 0 Å². The van der Waals surface area contributed by atoms with E-state index in [1.807, 2.05) is 0 Å². The van der Waals surface area contributed by atoms with Crippen LogP contribution < -0.4 is 21.3 Å². The van der Waals surface area contributed by atoms with Crippen molar-refractivity contribution in [2.45, 2.75) is 91.5 Å². The quantitative estimate of drug-likeness (QED) is 0.0228. The summed E-state index contributed by atoms with van der Waals surface area (Å²) in [6.07, 6.45) is -1.11. The van der Waals surface area contributed by atoms with E-state index in [1.54, 1.807) is 13.8 Å². The summed E-state index contributed by atoms with van der Waals surface area (Å²) < 4.78 is 65.1. The number of nitrogens with one attached hydrogen (secondary N) is 4. The molecule has 4 amide bonds. The summed E-state index contributed by atoms with van der Waals surface area (Å²) in [4.78, 5) is 101. The second-order valence-electron chi connectivity index (χ2n) is 12.2. The van der Waals surface area contributed by atoms with Gasteiger partial charge in [0.1, 0.15) is 23.8 Å². The van der Waals surface area contributed by atoms with Crippen LogP contribution in [0.25, 0.3) is 0 Å². The maximum absolute atomic E-state index is 12.4. The van der Waals surface area contributed by atoms with Crippen LogP contribution in [0, 0.1) is 0 Å². The van der Waals surface area contributed by atoms with Gasteiger partial charge in [-0.3, -0.25) is 46.9 Å². The molecule has 324 valence electrons. The Morgan fingerprint density at radius 2 is 0.911 bits per heavy atom. The lowest BCUT2D eigenvalue weighted by atomic mass is 10.2. The molecule has 0 spiro atoms. The molecule has 0 aliphatic heterocycles. The Labute approximate surface area is 325 Å². The van der Waals surface area contributed by atoms with E-state index in [-0.39, 0.29) is 39.5 Å². The summed E-state index contributed by atoms with van der Waals surface area (Å²) >= 11 is 0. The van der Waals surface area contributed by atoms with Gasteiger partial charge in [0, 0.05) is 39.8 Å². The number of phosphoric ester groups is 2. The molecule has 56 heavy (non-hydrogen) atoms. The number of hydrogen-bond acceptors (Lipinski definition) is 17. The first kappa shape index (κ1) is 52.6. The van der Waals surface area contributed by atoms with Crippen molar-refractivity contribution in [1.29, 1.82) is 0 Å². The van der Waals surface area contributed by atoms with E-state index in [2.05, 4.69) is 21.3 Å². The molecule has 6 N–H and O–H groups in total. The monoisotopic (exact) mass is 850 g/mol. The lowest BCUT2D eigenvalue weighted by Crippen LogP contribution is -2.42. The van der Waals surface area contributed by atoms with E-state index in [4.69, 9.17) is 37.0 Å². The first-order chi connectivity index (χ1) is 26.1. The van der Waals surface area contributed by atoms with E-state index in [0.29, 0.717) is 12.8 Å². The Morgan fingerprint density at radius 3 is 1.23 bits per heavy atom. The fraction of sp³-hybridized carbons (Fsp3) is 0.774. The van der Waals surface area contributed by atoms with Crippen molar-refractivity contribution in [3.8, 4) is 0 Å². The number of amides is 4. The number of carbonyl (C=O) groups is 7. The molecule has 0 aromatic rings. The van der Waals surface area contributed by atoms with Gasteiger partial charge in [-0.1, -0.05) is 0 Å². The maximum atomic E-state index is 12.4. The summed E-state index contributed by atoms with van der Waals surface area (Å²) in [6, 6.07) is -2.73. The van der Waals surface area contributed by atoms with Gasteiger partial charge in [-0.25, -0.2) is 13.9 Å². The third kappa shape index (κ3) is 31.8. The molecule has 0 rings (SSSR count). The zero-order valence-corrected chi connectivity index (χ0v) is 34.2. The third-order valence-electron chi connectivity index (χ3n) is 6.42. The van der Waals surface area contributed by atoms with Crippen LogP contribution in [-0.2, 0) is 74.9 Å². The summed E-state index contributed by atoms with van der Waals surface area (Å²) in [6.45, 7) is 5.42. The number of phosphoric acid groups is 2. The van der Waals surface area contributed by atoms with Crippen LogP contribution in [0.2, 0.25) is 0 Å². The molecule has 0 aliphatic carbocycles. The number of hydrogen-bond donors (Lipinski definition) is 6. The minimum absolute atomic E-state index is 0.109. The normalized spacial score (nSPS) is 15.4. The van der Waals surface area contributed by atoms with Crippen LogP contribution in [0.4, 0.5) is 4.79 Å². The van der Waals surface area contributed by atoms with Gasteiger partial charge in [-0.15, -0.1) is 0 Å². The molecule has 0 aliphatic rings. The van der Waals surface area contributed by atoms with Crippen LogP contribution in [-0.4, -0.2) is 141 Å². The first-order valence-electron chi connectivity index (χ1n) is 17.4. The van der Waals surface area contributed by atoms with Gasteiger partial charge in [0.25, 0.3) is 0 Å². The van der Waals surface area contributed by atoms with E-state index in [1.165, 1.54) is 27.7 Å². The Balaban J connectivity index is 4.66. The highest BCUT2D eigenvalue weighted by Gasteiger charge is 2.26. The topological polar surface area (TPSA) is 316 Å². The number of ketones is 2. The molecule has 0 saturated heterocycles. The highest BCUT2D eigenvalue weighted by molar-refractivity contribution is 7.47. The Morgan fingerprint density at radius 1 is 0.554 bits per heavy atom. The van der Waals surface area contributed by atoms with Crippen molar-refractivity contribution in [3.05, 3.63) is 0 Å². The summed E-state index contributed by atoms with van der Waals surface area (Å²) in [5.41, 5.74) is 0. The molecule has 23 nitrogen and oxygen atoms in total. The van der Waals surface area contributed by atoms with Gasteiger partial charge in [-0.2, -0.15) is 0 Å². The molecule has 6 atom stereocenters. The van der Waals surface area contributed by atoms with Gasteiger partial charge in [0.2, 0.25) is 11.8 Å². The van der Waals surface area contributed by atoms with E-state index >= 15 is 0 Å². The van der Waals surface area contributed by atoms with Gasteiger partial charge in [0.05, 0.1) is 77.8 Å². The number of rotatable bonds is 32. The molecule has 0 bridgehead atoms. The number of Topliss-reactive ketones (excluding diaryl/α,β-unsaturated/α-hetero) is 2. The van der Waals surface area contributed by atoms with Crippen molar-refractivity contribution in [1.82, 2.24) is 21.3 Å².